The largest absolute Gasteiger partial charge is 0.382 e. The fraction of sp³-hybridized carbons (Fsp3) is 0.400. The molecule has 3 N–H and O–H groups in total. The van der Waals surface area contributed by atoms with E-state index in [0.717, 1.165) is 0 Å². The van der Waals surface area contributed by atoms with Crippen molar-refractivity contribution in [2.45, 2.75) is 13.0 Å². The van der Waals surface area contributed by atoms with Gasteiger partial charge in [-0.1, -0.05) is 0 Å². The van der Waals surface area contributed by atoms with Gasteiger partial charge in [0.05, 0.1) is 11.9 Å². The van der Waals surface area contributed by atoms with Crippen LogP contribution in [0.5, 0.6) is 0 Å². The van der Waals surface area contributed by atoms with Crippen molar-refractivity contribution in [3.8, 4) is 0 Å². The standard InChI is InChI=1S/C10H15N5O2S/c1-7(6-18(2,16)17)13-9-10-12-3-4-15(10)5-8(11)14-9/h3-5,7H,6,11H2,1-2H3,(H,13,14). The van der Waals surface area contributed by atoms with Crippen LogP contribution in [-0.4, -0.2) is 40.8 Å². The van der Waals surface area contributed by atoms with Crippen molar-refractivity contribution in [1.29, 1.82) is 0 Å². The Kier molecular flexibility index (Phi) is 3.12. The van der Waals surface area contributed by atoms with E-state index in [4.69, 9.17) is 5.73 Å². The number of hydrogen-bond acceptors (Lipinski definition) is 6. The molecular weight excluding hydrogens is 254 g/mol. The monoisotopic (exact) mass is 269 g/mol. The van der Waals surface area contributed by atoms with Crippen LogP contribution in [0.25, 0.3) is 5.65 Å². The third-order valence-electron chi connectivity index (χ3n) is 2.33. The lowest BCUT2D eigenvalue weighted by atomic mass is 10.4. The molecular formula is C10H15N5O2S. The highest BCUT2D eigenvalue weighted by molar-refractivity contribution is 7.90. The highest BCUT2D eigenvalue weighted by atomic mass is 32.2. The van der Waals surface area contributed by atoms with E-state index in [0.29, 0.717) is 17.3 Å². The maximum absolute atomic E-state index is 11.2. The van der Waals surface area contributed by atoms with Crippen molar-refractivity contribution in [1.82, 2.24) is 14.4 Å². The van der Waals surface area contributed by atoms with Crippen LogP contribution in [0, 0.1) is 0 Å². The molecule has 0 aliphatic heterocycles. The van der Waals surface area contributed by atoms with Crippen LogP contribution >= 0.6 is 0 Å². The van der Waals surface area contributed by atoms with E-state index in [1.807, 2.05) is 0 Å². The van der Waals surface area contributed by atoms with Gasteiger partial charge in [0.15, 0.2) is 11.5 Å². The Balaban J connectivity index is 2.28. The lowest BCUT2D eigenvalue weighted by Crippen LogP contribution is -2.26. The van der Waals surface area contributed by atoms with E-state index >= 15 is 0 Å². The lowest BCUT2D eigenvalue weighted by Gasteiger charge is -2.14. The first-order chi connectivity index (χ1) is 8.35. The summed E-state index contributed by atoms with van der Waals surface area (Å²) in [6.45, 7) is 1.77. The molecule has 0 saturated carbocycles. The van der Waals surface area contributed by atoms with E-state index in [1.165, 1.54) is 6.26 Å². The van der Waals surface area contributed by atoms with Crippen LogP contribution in [0.2, 0.25) is 0 Å². The fourth-order valence-corrected chi connectivity index (χ4v) is 2.77. The van der Waals surface area contributed by atoms with Gasteiger partial charge < -0.3 is 15.5 Å². The predicted molar refractivity (Wildman–Crippen MR) is 70.2 cm³/mol. The number of nitrogens with two attached hydrogens (primary N) is 1. The van der Waals surface area contributed by atoms with Gasteiger partial charge in [-0.3, -0.25) is 0 Å². The zero-order valence-electron chi connectivity index (χ0n) is 10.2. The number of rotatable bonds is 4. The van der Waals surface area contributed by atoms with Crippen LogP contribution in [0.15, 0.2) is 18.6 Å². The second-order valence-electron chi connectivity index (χ2n) is 4.31. The molecule has 7 nitrogen and oxygen atoms in total. The SMILES string of the molecule is CC(CS(C)(=O)=O)Nc1nc(N)cn2ccnc12. The van der Waals surface area contributed by atoms with Crippen molar-refractivity contribution < 1.29 is 8.42 Å². The third kappa shape index (κ3) is 2.89. The molecule has 1 atom stereocenters. The summed E-state index contributed by atoms with van der Waals surface area (Å²) >= 11 is 0. The number of nitrogen functional groups attached to an aromatic ring is 1. The first-order valence-corrected chi connectivity index (χ1v) is 7.44. The number of nitrogens with zero attached hydrogens (tertiary/aromatic N) is 3. The molecule has 2 heterocycles. The van der Waals surface area contributed by atoms with Crippen LogP contribution < -0.4 is 11.1 Å². The number of anilines is 2. The molecule has 0 bridgehead atoms. The molecule has 0 fully saturated rings. The molecule has 0 aliphatic carbocycles. The molecule has 0 radical (unpaired) electrons. The third-order valence-corrected chi connectivity index (χ3v) is 3.43. The minimum absolute atomic E-state index is 0.0242. The first kappa shape index (κ1) is 12.6. The lowest BCUT2D eigenvalue weighted by molar-refractivity contribution is 0.598. The Morgan fingerprint density at radius 3 is 2.94 bits per heavy atom. The summed E-state index contributed by atoms with van der Waals surface area (Å²) in [6.07, 6.45) is 6.22. The molecule has 0 aliphatic rings. The van der Waals surface area contributed by atoms with Crippen molar-refractivity contribution in [3.05, 3.63) is 18.6 Å². The summed E-state index contributed by atoms with van der Waals surface area (Å²) in [5.41, 5.74) is 6.28. The average molecular weight is 269 g/mol. The van der Waals surface area contributed by atoms with Crippen molar-refractivity contribution >= 4 is 27.1 Å². The van der Waals surface area contributed by atoms with Gasteiger partial charge in [0.25, 0.3) is 0 Å². The topological polar surface area (TPSA) is 102 Å². The maximum Gasteiger partial charge on any atom is 0.180 e. The molecule has 2 aromatic rings. The smallest absolute Gasteiger partial charge is 0.180 e. The van der Waals surface area contributed by atoms with Crippen molar-refractivity contribution in [3.63, 3.8) is 0 Å². The zero-order chi connectivity index (χ0) is 13.3. The Bertz CT molecular complexity index is 664. The molecule has 18 heavy (non-hydrogen) atoms. The molecule has 0 aromatic carbocycles. The number of sulfone groups is 1. The normalized spacial score (nSPS) is 13.7. The molecule has 8 heteroatoms. The summed E-state index contributed by atoms with van der Waals surface area (Å²) in [5.74, 6) is 0.849. The van der Waals surface area contributed by atoms with Gasteiger partial charge in [-0.25, -0.2) is 18.4 Å². The van der Waals surface area contributed by atoms with E-state index < -0.39 is 9.84 Å². The molecule has 0 amide bonds. The van der Waals surface area contributed by atoms with Gasteiger partial charge in [0.1, 0.15) is 15.7 Å². The molecule has 0 saturated heterocycles. The van der Waals surface area contributed by atoms with Gasteiger partial charge in [0.2, 0.25) is 0 Å². The molecule has 2 aromatic heterocycles. The Morgan fingerprint density at radius 2 is 2.28 bits per heavy atom. The van der Waals surface area contributed by atoms with E-state index in [1.54, 1.807) is 29.9 Å². The fourth-order valence-electron chi connectivity index (χ4n) is 1.78. The summed E-state index contributed by atoms with van der Waals surface area (Å²) in [4.78, 5) is 8.27. The number of fused-ring (bicyclic) bond motifs is 1. The first-order valence-electron chi connectivity index (χ1n) is 5.38. The number of aromatic nitrogens is 3. The molecule has 1 unspecified atom stereocenters. The average Bonchev–Trinajstić information content (AvgIpc) is 2.61. The van der Waals surface area contributed by atoms with Gasteiger partial charge >= 0.3 is 0 Å². The highest BCUT2D eigenvalue weighted by Crippen LogP contribution is 2.15. The van der Waals surface area contributed by atoms with Gasteiger partial charge in [-0.2, -0.15) is 0 Å². The van der Waals surface area contributed by atoms with E-state index in [2.05, 4.69) is 15.3 Å². The van der Waals surface area contributed by atoms with Crippen LogP contribution in [0.1, 0.15) is 6.92 Å². The maximum atomic E-state index is 11.2. The Morgan fingerprint density at radius 1 is 1.56 bits per heavy atom. The van der Waals surface area contributed by atoms with Crippen molar-refractivity contribution in [2.24, 2.45) is 0 Å². The minimum atomic E-state index is -3.04. The molecule has 2 rings (SSSR count). The van der Waals surface area contributed by atoms with Gasteiger partial charge in [0, 0.05) is 24.7 Å². The summed E-state index contributed by atoms with van der Waals surface area (Å²) < 4.78 is 24.1. The van der Waals surface area contributed by atoms with Crippen LogP contribution in [0.3, 0.4) is 0 Å². The Hall–Kier alpha value is -1.83. The number of nitrogens with one attached hydrogen (secondary N) is 1. The summed E-state index contributed by atoms with van der Waals surface area (Å²) in [6, 6.07) is -0.269. The van der Waals surface area contributed by atoms with E-state index in [9.17, 15) is 8.42 Å². The molecule has 98 valence electrons. The summed E-state index contributed by atoms with van der Waals surface area (Å²) in [7, 11) is -3.04. The Labute approximate surface area is 105 Å². The second-order valence-corrected chi connectivity index (χ2v) is 6.50. The van der Waals surface area contributed by atoms with Crippen LogP contribution in [-0.2, 0) is 9.84 Å². The molecule has 0 spiro atoms. The zero-order valence-corrected chi connectivity index (χ0v) is 11.0. The summed E-state index contributed by atoms with van der Waals surface area (Å²) in [5, 5.41) is 3.01. The quantitative estimate of drug-likeness (QED) is 0.819. The second kappa shape index (κ2) is 4.45. The minimum Gasteiger partial charge on any atom is -0.382 e. The van der Waals surface area contributed by atoms with Gasteiger partial charge in [-0.05, 0) is 6.92 Å². The van der Waals surface area contributed by atoms with Crippen molar-refractivity contribution in [2.75, 3.05) is 23.1 Å². The highest BCUT2D eigenvalue weighted by Gasteiger charge is 2.13. The van der Waals surface area contributed by atoms with Gasteiger partial charge in [-0.15, -0.1) is 0 Å². The number of hydrogen-bond donors (Lipinski definition) is 2. The predicted octanol–water partition coefficient (Wildman–Crippen LogP) is 0.156. The number of imidazole rings is 1. The van der Waals surface area contributed by atoms with E-state index in [-0.39, 0.29) is 11.8 Å². The van der Waals surface area contributed by atoms with Crippen LogP contribution in [0.4, 0.5) is 11.6 Å².